The van der Waals surface area contributed by atoms with Gasteiger partial charge in [-0.1, -0.05) is 0 Å². The highest BCUT2D eigenvalue weighted by atomic mass is 32.2. The molecule has 0 atom stereocenters. The van der Waals surface area contributed by atoms with Crippen LogP contribution in [0.4, 0.5) is 4.79 Å². The molecule has 0 radical (unpaired) electrons. The minimum absolute atomic E-state index is 0.148. The van der Waals surface area contributed by atoms with Gasteiger partial charge in [0, 0.05) is 44.2 Å². The number of nitrogens with zero attached hydrogens (tertiary/aromatic N) is 2. The van der Waals surface area contributed by atoms with Crippen molar-refractivity contribution >= 4 is 17.9 Å². The molecule has 0 aromatic carbocycles. The van der Waals surface area contributed by atoms with Gasteiger partial charge in [-0.25, -0.2) is 4.79 Å². The lowest BCUT2D eigenvalue weighted by Crippen LogP contribution is -2.44. The summed E-state index contributed by atoms with van der Waals surface area (Å²) in [6.07, 6.45) is 2.08. The highest BCUT2D eigenvalue weighted by Crippen LogP contribution is 2.21. The maximum absolute atomic E-state index is 12.0. The number of carbonyl (C=O) groups excluding carboxylic acids is 1. The molecule has 0 aliphatic carbocycles. The van der Waals surface area contributed by atoms with E-state index < -0.39 is 0 Å². The van der Waals surface area contributed by atoms with E-state index in [1.165, 1.54) is 31.1 Å². The van der Waals surface area contributed by atoms with Crippen LogP contribution in [0.3, 0.4) is 0 Å². The van der Waals surface area contributed by atoms with Crippen LogP contribution in [0.1, 0.15) is 33.6 Å². The zero-order valence-electron chi connectivity index (χ0n) is 13.1. The number of rotatable bonds is 2. The van der Waals surface area contributed by atoms with E-state index in [9.17, 15) is 4.79 Å². The Morgan fingerprint density at radius 1 is 1.15 bits per heavy atom. The molecule has 0 saturated carbocycles. The lowest BCUT2D eigenvalue weighted by atomic mass is 9.96. The second-order valence-electron chi connectivity index (χ2n) is 6.82. The van der Waals surface area contributed by atoms with Gasteiger partial charge in [0.05, 0.1) is 0 Å². The number of hydrogen-bond acceptors (Lipinski definition) is 4. The van der Waals surface area contributed by atoms with Crippen LogP contribution in [-0.4, -0.2) is 65.7 Å². The van der Waals surface area contributed by atoms with E-state index in [-0.39, 0.29) is 11.7 Å². The SMILES string of the molecule is CC(C)(C)OC(=O)N1CCC(CN2CCSCC2)CC1. The first-order valence-corrected chi connectivity index (χ1v) is 8.87. The summed E-state index contributed by atoms with van der Waals surface area (Å²) in [6, 6.07) is 0. The van der Waals surface area contributed by atoms with Crippen molar-refractivity contribution in [2.24, 2.45) is 5.92 Å². The molecule has 2 aliphatic rings. The molecule has 2 fully saturated rings. The first kappa shape index (κ1) is 16.0. The Balaban J connectivity index is 1.70. The summed E-state index contributed by atoms with van der Waals surface area (Å²) < 4.78 is 5.44. The summed E-state index contributed by atoms with van der Waals surface area (Å²) in [5.74, 6) is 3.30. The molecule has 0 bridgehead atoms. The molecule has 0 aromatic rings. The Morgan fingerprint density at radius 3 is 2.30 bits per heavy atom. The first-order valence-electron chi connectivity index (χ1n) is 7.72. The molecule has 0 aromatic heterocycles. The lowest BCUT2D eigenvalue weighted by Gasteiger charge is -2.36. The Hall–Kier alpha value is -0.420. The van der Waals surface area contributed by atoms with Crippen molar-refractivity contribution in [1.29, 1.82) is 0 Å². The summed E-state index contributed by atoms with van der Waals surface area (Å²) >= 11 is 2.06. The molecule has 4 nitrogen and oxygen atoms in total. The van der Waals surface area contributed by atoms with E-state index in [2.05, 4.69) is 16.7 Å². The zero-order valence-corrected chi connectivity index (χ0v) is 13.9. The molecule has 1 amide bonds. The molecule has 0 unspecified atom stereocenters. The van der Waals surface area contributed by atoms with Crippen molar-refractivity contribution in [3.63, 3.8) is 0 Å². The van der Waals surface area contributed by atoms with Gasteiger partial charge in [0.1, 0.15) is 5.60 Å². The lowest BCUT2D eigenvalue weighted by molar-refractivity contribution is 0.0171. The van der Waals surface area contributed by atoms with Gasteiger partial charge >= 0.3 is 6.09 Å². The molecule has 2 aliphatic heterocycles. The second-order valence-corrected chi connectivity index (χ2v) is 8.05. The van der Waals surface area contributed by atoms with Crippen molar-refractivity contribution < 1.29 is 9.53 Å². The number of thioether (sulfide) groups is 1. The second kappa shape index (κ2) is 7.03. The highest BCUT2D eigenvalue weighted by Gasteiger charge is 2.27. The van der Waals surface area contributed by atoms with Crippen LogP contribution in [-0.2, 0) is 4.74 Å². The zero-order chi connectivity index (χ0) is 14.6. The van der Waals surface area contributed by atoms with Gasteiger partial charge in [-0.15, -0.1) is 0 Å². The largest absolute Gasteiger partial charge is 0.444 e. The van der Waals surface area contributed by atoms with Crippen LogP contribution in [0.15, 0.2) is 0 Å². The molecule has 0 N–H and O–H groups in total. The van der Waals surface area contributed by atoms with Crippen molar-refractivity contribution in [2.75, 3.05) is 44.2 Å². The third-order valence-electron chi connectivity index (χ3n) is 3.89. The minimum atomic E-state index is -0.389. The third-order valence-corrected chi connectivity index (χ3v) is 4.83. The van der Waals surface area contributed by atoms with Gasteiger partial charge in [0.25, 0.3) is 0 Å². The maximum Gasteiger partial charge on any atom is 0.410 e. The molecule has 116 valence electrons. The number of ether oxygens (including phenoxy) is 1. The number of amides is 1. The molecule has 0 spiro atoms. The smallest absolute Gasteiger partial charge is 0.410 e. The highest BCUT2D eigenvalue weighted by molar-refractivity contribution is 7.99. The number of piperidine rings is 1. The van der Waals surface area contributed by atoms with E-state index >= 15 is 0 Å². The quantitative estimate of drug-likeness (QED) is 0.785. The van der Waals surface area contributed by atoms with E-state index in [0.29, 0.717) is 0 Å². The molecule has 2 heterocycles. The van der Waals surface area contributed by atoms with E-state index in [4.69, 9.17) is 4.74 Å². The monoisotopic (exact) mass is 300 g/mol. The van der Waals surface area contributed by atoms with E-state index in [1.54, 1.807) is 0 Å². The van der Waals surface area contributed by atoms with Gasteiger partial charge in [-0.2, -0.15) is 11.8 Å². The number of hydrogen-bond donors (Lipinski definition) is 0. The molecule has 20 heavy (non-hydrogen) atoms. The summed E-state index contributed by atoms with van der Waals surface area (Å²) in [5.41, 5.74) is -0.389. The Morgan fingerprint density at radius 2 is 1.75 bits per heavy atom. The van der Waals surface area contributed by atoms with Crippen LogP contribution in [0, 0.1) is 5.92 Å². The Bertz CT molecular complexity index is 316. The minimum Gasteiger partial charge on any atom is -0.444 e. The predicted molar refractivity (Wildman–Crippen MR) is 84.3 cm³/mol. The summed E-state index contributed by atoms with van der Waals surface area (Å²) in [7, 11) is 0. The third kappa shape index (κ3) is 5.17. The van der Waals surface area contributed by atoms with Gasteiger partial charge in [0.2, 0.25) is 0 Å². The molecular formula is C15H28N2O2S. The average molecular weight is 300 g/mol. The summed E-state index contributed by atoms with van der Waals surface area (Å²) in [5, 5.41) is 0. The molecular weight excluding hydrogens is 272 g/mol. The molecule has 5 heteroatoms. The molecule has 2 saturated heterocycles. The van der Waals surface area contributed by atoms with Gasteiger partial charge in [-0.05, 0) is 39.5 Å². The predicted octanol–water partition coefficient (Wildman–Crippen LogP) is 2.68. The first-order chi connectivity index (χ1) is 9.44. The standard InChI is InChI=1S/C15H28N2O2S/c1-15(2,3)19-14(18)17-6-4-13(5-7-17)12-16-8-10-20-11-9-16/h13H,4-12H2,1-3H3. The van der Waals surface area contributed by atoms with Crippen LogP contribution in [0.2, 0.25) is 0 Å². The Kier molecular flexibility index (Phi) is 5.61. The Labute approximate surface area is 127 Å². The van der Waals surface area contributed by atoms with Crippen molar-refractivity contribution in [3.8, 4) is 0 Å². The molecule has 2 rings (SSSR count). The van der Waals surface area contributed by atoms with E-state index in [0.717, 1.165) is 31.8 Å². The van der Waals surface area contributed by atoms with Crippen LogP contribution < -0.4 is 0 Å². The fourth-order valence-electron chi connectivity index (χ4n) is 2.77. The van der Waals surface area contributed by atoms with Gasteiger partial charge in [-0.3, -0.25) is 0 Å². The van der Waals surface area contributed by atoms with Crippen LogP contribution in [0.5, 0.6) is 0 Å². The van der Waals surface area contributed by atoms with Crippen LogP contribution >= 0.6 is 11.8 Å². The van der Waals surface area contributed by atoms with Gasteiger partial charge in [0.15, 0.2) is 0 Å². The average Bonchev–Trinajstić information content (AvgIpc) is 2.39. The maximum atomic E-state index is 12.0. The number of likely N-dealkylation sites (tertiary alicyclic amines) is 1. The van der Waals surface area contributed by atoms with Crippen molar-refractivity contribution in [3.05, 3.63) is 0 Å². The van der Waals surface area contributed by atoms with Crippen molar-refractivity contribution in [1.82, 2.24) is 9.80 Å². The topological polar surface area (TPSA) is 32.8 Å². The number of carbonyl (C=O) groups is 1. The van der Waals surface area contributed by atoms with Crippen LogP contribution in [0.25, 0.3) is 0 Å². The summed E-state index contributed by atoms with van der Waals surface area (Å²) in [4.78, 5) is 16.5. The van der Waals surface area contributed by atoms with Crippen molar-refractivity contribution in [2.45, 2.75) is 39.2 Å². The van der Waals surface area contributed by atoms with Gasteiger partial charge < -0.3 is 14.5 Å². The summed E-state index contributed by atoms with van der Waals surface area (Å²) in [6.45, 7) is 11.1. The normalized spacial score (nSPS) is 22.9. The fraction of sp³-hybridized carbons (Fsp3) is 0.933. The van der Waals surface area contributed by atoms with E-state index in [1.807, 2.05) is 25.7 Å². The fourth-order valence-corrected chi connectivity index (χ4v) is 3.75.